The van der Waals surface area contributed by atoms with E-state index in [0.717, 1.165) is 21.9 Å². The van der Waals surface area contributed by atoms with Crippen molar-refractivity contribution in [3.63, 3.8) is 0 Å². The number of pyridine rings is 1. The normalized spacial score (nSPS) is 12.4. The summed E-state index contributed by atoms with van der Waals surface area (Å²) in [5.74, 6) is 0.450. The SMILES string of the molecule is CC(Oc1csc(-c2cnc3ccc(F)cn23)c1)c1ccccc1Cl. The topological polar surface area (TPSA) is 26.5 Å². The number of ether oxygens (including phenoxy) is 1. The van der Waals surface area contributed by atoms with Gasteiger partial charge in [-0.1, -0.05) is 29.8 Å². The molecule has 3 aromatic heterocycles. The summed E-state index contributed by atoms with van der Waals surface area (Å²) in [5, 5.41) is 2.61. The molecule has 0 spiro atoms. The van der Waals surface area contributed by atoms with Gasteiger partial charge >= 0.3 is 0 Å². The maximum atomic E-state index is 13.5. The molecule has 1 unspecified atom stereocenters. The number of thiophene rings is 1. The van der Waals surface area contributed by atoms with Gasteiger partial charge in [0.15, 0.2) is 0 Å². The maximum absolute atomic E-state index is 13.5. The van der Waals surface area contributed by atoms with Crippen molar-refractivity contribution in [2.45, 2.75) is 13.0 Å². The van der Waals surface area contributed by atoms with Crippen LogP contribution in [0, 0.1) is 5.82 Å². The predicted octanol–water partition coefficient (Wildman–Crippen LogP) is 6.00. The fourth-order valence-electron chi connectivity index (χ4n) is 2.72. The molecule has 25 heavy (non-hydrogen) atoms. The largest absolute Gasteiger partial charge is 0.485 e. The van der Waals surface area contributed by atoms with E-state index in [9.17, 15) is 4.39 Å². The van der Waals surface area contributed by atoms with Crippen LogP contribution in [0.15, 0.2) is 60.2 Å². The molecule has 0 saturated carbocycles. The van der Waals surface area contributed by atoms with E-state index in [1.807, 2.05) is 42.6 Å². The Balaban J connectivity index is 1.62. The zero-order chi connectivity index (χ0) is 17.4. The van der Waals surface area contributed by atoms with Crippen LogP contribution in [0.2, 0.25) is 5.02 Å². The van der Waals surface area contributed by atoms with Gasteiger partial charge in [0, 0.05) is 28.2 Å². The second-order valence-electron chi connectivity index (χ2n) is 5.65. The minimum Gasteiger partial charge on any atom is -0.485 e. The molecule has 0 aliphatic carbocycles. The third kappa shape index (κ3) is 3.13. The van der Waals surface area contributed by atoms with E-state index in [0.29, 0.717) is 10.7 Å². The average molecular weight is 373 g/mol. The van der Waals surface area contributed by atoms with Crippen LogP contribution >= 0.6 is 22.9 Å². The molecule has 0 amide bonds. The summed E-state index contributed by atoms with van der Waals surface area (Å²) in [6, 6.07) is 12.6. The molecular weight excluding hydrogens is 359 g/mol. The van der Waals surface area contributed by atoms with Gasteiger partial charge < -0.3 is 4.74 Å². The van der Waals surface area contributed by atoms with Gasteiger partial charge in [0.05, 0.1) is 16.8 Å². The molecule has 0 radical (unpaired) electrons. The summed E-state index contributed by atoms with van der Waals surface area (Å²) in [5.41, 5.74) is 2.48. The lowest BCUT2D eigenvalue weighted by Gasteiger charge is -2.14. The van der Waals surface area contributed by atoms with E-state index in [-0.39, 0.29) is 11.9 Å². The average Bonchev–Trinajstić information content (AvgIpc) is 3.21. The first-order valence-corrected chi connectivity index (χ1v) is 9.00. The fourth-order valence-corrected chi connectivity index (χ4v) is 3.84. The molecule has 0 aliphatic heterocycles. The Morgan fingerprint density at radius 2 is 2.08 bits per heavy atom. The van der Waals surface area contributed by atoms with E-state index in [2.05, 4.69) is 4.98 Å². The number of halogens is 2. The number of aromatic nitrogens is 2. The van der Waals surface area contributed by atoms with Crippen LogP contribution in [0.3, 0.4) is 0 Å². The van der Waals surface area contributed by atoms with Crippen LogP contribution in [-0.4, -0.2) is 9.38 Å². The van der Waals surface area contributed by atoms with Crippen LogP contribution in [-0.2, 0) is 0 Å². The van der Waals surface area contributed by atoms with Gasteiger partial charge in [0.2, 0.25) is 0 Å². The summed E-state index contributed by atoms with van der Waals surface area (Å²) < 4.78 is 21.3. The molecule has 6 heteroatoms. The number of hydrogen-bond acceptors (Lipinski definition) is 3. The Morgan fingerprint density at radius 3 is 2.92 bits per heavy atom. The molecule has 3 nitrogen and oxygen atoms in total. The summed E-state index contributed by atoms with van der Waals surface area (Å²) in [7, 11) is 0. The quantitative estimate of drug-likeness (QED) is 0.439. The van der Waals surface area contributed by atoms with Crippen molar-refractivity contribution >= 4 is 28.6 Å². The van der Waals surface area contributed by atoms with E-state index in [1.54, 1.807) is 16.7 Å². The molecule has 0 saturated heterocycles. The maximum Gasteiger partial charge on any atom is 0.139 e. The highest BCUT2D eigenvalue weighted by atomic mass is 35.5. The van der Waals surface area contributed by atoms with Crippen molar-refractivity contribution < 1.29 is 9.13 Å². The summed E-state index contributed by atoms with van der Waals surface area (Å²) >= 11 is 7.76. The van der Waals surface area contributed by atoms with E-state index in [4.69, 9.17) is 16.3 Å². The van der Waals surface area contributed by atoms with Gasteiger partial charge in [-0.2, -0.15) is 0 Å². The third-order valence-electron chi connectivity index (χ3n) is 3.95. The van der Waals surface area contributed by atoms with Gasteiger partial charge in [0.25, 0.3) is 0 Å². The standard InChI is InChI=1S/C19H14ClFN2OS/c1-12(15-4-2-3-5-16(15)20)24-14-8-18(25-11-14)17-9-22-19-7-6-13(21)10-23(17)19/h2-12H,1H3. The lowest BCUT2D eigenvalue weighted by molar-refractivity contribution is 0.228. The highest BCUT2D eigenvalue weighted by Gasteiger charge is 2.14. The molecule has 4 rings (SSSR count). The summed E-state index contributed by atoms with van der Waals surface area (Å²) in [6.07, 6.45) is 3.00. The third-order valence-corrected chi connectivity index (χ3v) is 5.23. The summed E-state index contributed by atoms with van der Waals surface area (Å²) in [4.78, 5) is 5.27. The molecule has 1 aromatic carbocycles. The van der Waals surface area contributed by atoms with Gasteiger partial charge in [-0.25, -0.2) is 9.37 Å². The van der Waals surface area contributed by atoms with Crippen molar-refractivity contribution in [3.05, 3.63) is 76.6 Å². The number of hydrogen-bond donors (Lipinski definition) is 0. The van der Waals surface area contributed by atoms with Crippen LogP contribution in [0.5, 0.6) is 5.75 Å². The van der Waals surface area contributed by atoms with Crippen molar-refractivity contribution in [2.24, 2.45) is 0 Å². The second-order valence-corrected chi connectivity index (χ2v) is 6.97. The Kier molecular flexibility index (Phi) is 4.19. The zero-order valence-electron chi connectivity index (χ0n) is 13.3. The van der Waals surface area contributed by atoms with Crippen molar-refractivity contribution in [1.29, 1.82) is 0 Å². The predicted molar refractivity (Wildman–Crippen MR) is 99.0 cm³/mol. The number of imidazole rings is 1. The first kappa shape index (κ1) is 16.1. The Hall–Kier alpha value is -2.37. The lowest BCUT2D eigenvalue weighted by atomic mass is 10.1. The van der Waals surface area contributed by atoms with Crippen LogP contribution < -0.4 is 4.74 Å². The highest BCUT2D eigenvalue weighted by molar-refractivity contribution is 7.13. The van der Waals surface area contributed by atoms with Crippen molar-refractivity contribution in [3.8, 4) is 16.3 Å². The highest BCUT2D eigenvalue weighted by Crippen LogP contribution is 2.34. The number of fused-ring (bicyclic) bond motifs is 1. The molecule has 3 heterocycles. The molecule has 126 valence electrons. The smallest absolute Gasteiger partial charge is 0.139 e. The van der Waals surface area contributed by atoms with E-state index >= 15 is 0 Å². The monoisotopic (exact) mass is 372 g/mol. The molecule has 0 bridgehead atoms. The molecular formula is C19H14ClFN2OS. The molecule has 4 aromatic rings. The van der Waals surface area contributed by atoms with Crippen molar-refractivity contribution in [1.82, 2.24) is 9.38 Å². The van der Waals surface area contributed by atoms with Gasteiger partial charge in [-0.15, -0.1) is 11.3 Å². The number of nitrogens with zero attached hydrogens (tertiary/aromatic N) is 2. The minimum atomic E-state index is -0.299. The van der Waals surface area contributed by atoms with Crippen molar-refractivity contribution in [2.75, 3.05) is 0 Å². The molecule has 1 atom stereocenters. The van der Waals surface area contributed by atoms with Crippen LogP contribution in [0.4, 0.5) is 4.39 Å². The Morgan fingerprint density at radius 1 is 1.24 bits per heavy atom. The fraction of sp³-hybridized carbons (Fsp3) is 0.105. The minimum absolute atomic E-state index is 0.171. The van der Waals surface area contributed by atoms with Gasteiger partial charge in [0.1, 0.15) is 23.3 Å². The lowest BCUT2D eigenvalue weighted by Crippen LogP contribution is -2.02. The summed E-state index contributed by atoms with van der Waals surface area (Å²) in [6.45, 7) is 1.96. The Labute approximate surface area is 153 Å². The first-order chi connectivity index (χ1) is 12.1. The molecule has 0 aliphatic rings. The number of benzene rings is 1. The second kappa shape index (κ2) is 6.50. The van der Waals surface area contributed by atoms with Gasteiger partial charge in [-0.05, 0) is 25.1 Å². The van der Waals surface area contributed by atoms with E-state index < -0.39 is 0 Å². The number of rotatable bonds is 4. The van der Waals surface area contributed by atoms with Gasteiger partial charge in [-0.3, -0.25) is 4.40 Å². The zero-order valence-corrected chi connectivity index (χ0v) is 14.9. The van der Waals surface area contributed by atoms with Crippen LogP contribution in [0.1, 0.15) is 18.6 Å². The molecule has 0 fully saturated rings. The Bertz CT molecular complexity index is 1040. The van der Waals surface area contributed by atoms with Crippen LogP contribution in [0.25, 0.3) is 16.2 Å². The molecule has 0 N–H and O–H groups in total. The van der Waals surface area contributed by atoms with E-state index in [1.165, 1.54) is 23.6 Å². The first-order valence-electron chi connectivity index (χ1n) is 7.74.